The van der Waals surface area contributed by atoms with Crippen LogP contribution in [0.5, 0.6) is 5.75 Å². The maximum atomic E-state index is 13.7. The number of rotatable bonds is 8. The van der Waals surface area contributed by atoms with Crippen molar-refractivity contribution in [2.75, 3.05) is 18.1 Å². The van der Waals surface area contributed by atoms with Crippen LogP contribution in [0.15, 0.2) is 78.9 Å². The molecule has 0 radical (unpaired) electrons. The summed E-state index contributed by atoms with van der Waals surface area (Å²) in [5.74, 6) is 0.505. The first-order valence-corrected chi connectivity index (χ1v) is 10.1. The molecule has 0 saturated carbocycles. The maximum absolute atomic E-state index is 13.7. The third-order valence-electron chi connectivity index (χ3n) is 4.87. The standard InChI is InChI=1S/C25H25NO3/c1-2-9-19-14-15-23(24(16-19)29-18-22-17-28-22)25(27)26(20-10-5-3-6-11-20)21-12-7-4-8-13-21/h3-8,10-16,22H,2,9,17-18H2,1H3. The van der Waals surface area contributed by atoms with Gasteiger partial charge in [-0.25, -0.2) is 0 Å². The molecule has 1 unspecified atom stereocenters. The zero-order valence-electron chi connectivity index (χ0n) is 16.6. The third-order valence-corrected chi connectivity index (χ3v) is 4.87. The van der Waals surface area contributed by atoms with Crippen LogP contribution >= 0.6 is 0 Å². The SMILES string of the molecule is CCCc1ccc(C(=O)N(c2ccccc2)c2ccccc2)c(OCC2CO2)c1. The van der Waals surface area contributed by atoms with Crippen LogP contribution in [0.3, 0.4) is 0 Å². The number of carbonyl (C=O) groups excluding carboxylic acids is 1. The van der Waals surface area contributed by atoms with Crippen molar-refractivity contribution in [3.05, 3.63) is 90.0 Å². The minimum atomic E-state index is -0.114. The van der Waals surface area contributed by atoms with Crippen LogP contribution in [-0.2, 0) is 11.2 Å². The topological polar surface area (TPSA) is 42.1 Å². The van der Waals surface area contributed by atoms with Gasteiger partial charge in [0.05, 0.1) is 12.2 Å². The molecule has 3 aromatic carbocycles. The van der Waals surface area contributed by atoms with E-state index in [-0.39, 0.29) is 12.0 Å². The van der Waals surface area contributed by atoms with Crippen LogP contribution in [0, 0.1) is 0 Å². The highest BCUT2D eigenvalue weighted by molar-refractivity contribution is 6.12. The maximum Gasteiger partial charge on any atom is 0.266 e. The van der Waals surface area contributed by atoms with Gasteiger partial charge in [0.25, 0.3) is 5.91 Å². The van der Waals surface area contributed by atoms with E-state index in [4.69, 9.17) is 9.47 Å². The van der Waals surface area contributed by atoms with Crippen molar-refractivity contribution in [1.29, 1.82) is 0 Å². The number of para-hydroxylation sites is 2. The Labute approximate surface area is 171 Å². The zero-order chi connectivity index (χ0) is 20.1. The van der Waals surface area contributed by atoms with Crippen LogP contribution in [0.2, 0.25) is 0 Å². The van der Waals surface area contributed by atoms with Gasteiger partial charge in [-0.2, -0.15) is 0 Å². The summed E-state index contributed by atoms with van der Waals surface area (Å²) in [4.78, 5) is 15.4. The van der Waals surface area contributed by atoms with Gasteiger partial charge in [-0.1, -0.05) is 55.8 Å². The summed E-state index contributed by atoms with van der Waals surface area (Å²) < 4.78 is 11.3. The second-order valence-corrected chi connectivity index (χ2v) is 7.16. The molecule has 3 aromatic rings. The van der Waals surface area contributed by atoms with E-state index >= 15 is 0 Å². The van der Waals surface area contributed by atoms with Crippen molar-refractivity contribution in [2.24, 2.45) is 0 Å². The van der Waals surface area contributed by atoms with Crippen molar-refractivity contribution >= 4 is 17.3 Å². The number of benzene rings is 3. The Hall–Kier alpha value is -3.11. The second-order valence-electron chi connectivity index (χ2n) is 7.16. The lowest BCUT2D eigenvalue weighted by Crippen LogP contribution is -2.26. The highest BCUT2D eigenvalue weighted by Crippen LogP contribution is 2.31. The lowest BCUT2D eigenvalue weighted by Gasteiger charge is -2.24. The van der Waals surface area contributed by atoms with Crippen LogP contribution < -0.4 is 9.64 Å². The number of hydrogen-bond donors (Lipinski definition) is 0. The lowest BCUT2D eigenvalue weighted by molar-refractivity contribution is 0.0994. The summed E-state index contributed by atoms with van der Waals surface area (Å²) in [5.41, 5.74) is 3.36. The first kappa shape index (κ1) is 19.2. The molecule has 1 aliphatic heterocycles. The Morgan fingerprint density at radius 3 is 2.17 bits per heavy atom. The summed E-state index contributed by atoms with van der Waals surface area (Å²) in [6, 6.07) is 25.3. The highest BCUT2D eigenvalue weighted by atomic mass is 16.6. The third kappa shape index (κ3) is 4.66. The molecule has 1 aliphatic rings. The van der Waals surface area contributed by atoms with Gasteiger partial charge in [-0.3, -0.25) is 9.69 Å². The molecule has 1 fully saturated rings. The Balaban J connectivity index is 1.73. The molecule has 0 aromatic heterocycles. The average Bonchev–Trinajstić information content (AvgIpc) is 3.59. The second kappa shape index (κ2) is 8.93. The summed E-state index contributed by atoms with van der Waals surface area (Å²) in [6.07, 6.45) is 2.12. The number of aryl methyl sites for hydroxylation is 1. The van der Waals surface area contributed by atoms with Gasteiger partial charge in [0.1, 0.15) is 18.5 Å². The molecule has 4 nitrogen and oxygen atoms in total. The van der Waals surface area contributed by atoms with Crippen molar-refractivity contribution in [3.63, 3.8) is 0 Å². The number of ether oxygens (including phenoxy) is 2. The minimum absolute atomic E-state index is 0.114. The van der Waals surface area contributed by atoms with E-state index in [1.54, 1.807) is 4.90 Å². The molecule has 1 amide bonds. The Morgan fingerprint density at radius 1 is 1.00 bits per heavy atom. The van der Waals surface area contributed by atoms with Gasteiger partial charge in [-0.05, 0) is 48.4 Å². The zero-order valence-corrected chi connectivity index (χ0v) is 16.6. The number of hydrogen-bond acceptors (Lipinski definition) is 3. The molecule has 29 heavy (non-hydrogen) atoms. The number of amides is 1. The lowest BCUT2D eigenvalue weighted by atomic mass is 10.0. The fourth-order valence-corrected chi connectivity index (χ4v) is 3.31. The van der Waals surface area contributed by atoms with Crippen LogP contribution in [0.4, 0.5) is 11.4 Å². The van der Waals surface area contributed by atoms with E-state index in [0.29, 0.717) is 17.9 Å². The van der Waals surface area contributed by atoms with E-state index in [0.717, 1.165) is 30.8 Å². The minimum Gasteiger partial charge on any atom is -0.490 e. The van der Waals surface area contributed by atoms with Crippen LogP contribution in [0.1, 0.15) is 29.3 Å². The molecule has 1 atom stereocenters. The Kier molecular flexibility index (Phi) is 5.92. The highest BCUT2D eigenvalue weighted by Gasteiger charge is 2.26. The smallest absolute Gasteiger partial charge is 0.266 e. The summed E-state index contributed by atoms with van der Waals surface area (Å²) in [5, 5.41) is 0. The van der Waals surface area contributed by atoms with E-state index in [1.807, 2.05) is 78.9 Å². The Morgan fingerprint density at radius 2 is 1.62 bits per heavy atom. The van der Waals surface area contributed by atoms with Crippen molar-refractivity contribution in [3.8, 4) is 5.75 Å². The summed E-state index contributed by atoms with van der Waals surface area (Å²) in [6.45, 7) is 3.33. The van der Waals surface area contributed by atoms with Crippen molar-refractivity contribution < 1.29 is 14.3 Å². The fourth-order valence-electron chi connectivity index (χ4n) is 3.31. The molecule has 4 heteroatoms. The molecule has 1 saturated heterocycles. The van der Waals surface area contributed by atoms with Crippen LogP contribution in [-0.4, -0.2) is 25.2 Å². The largest absolute Gasteiger partial charge is 0.490 e. The Bertz CT molecular complexity index is 913. The number of epoxide rings is 1. The van der Waals surface area contributed by atoms with Gasteiger partial charge in [0, 0.05) is 11.4 Å². The van der Waals surface area contributed by atoms with E-state index in [2.05, 4.69) is 6.92 Å². The monoisotopic (exact) mass is 387 g/mol. The number of nitrogens with zero attached hydrogens (tertiary/aromatic N) is 1. The quantitative estimate of drug-likeness (QED) is 0.486. The van der Waals surface area contributed by atoms with E-state index in [9.17, 15) is 4.79 Å². The molecule has 0 N–H and O–H groups in total. The normalized spacial score (nSPS) is 15.0. The molecule has 0 bridgehead atoms. The molecule has 0 spiro atoms. The summed E-state index contributed by atoms with van der Waals surface area (Å²) >= 11 is 0. The predicted octanol–water partition coefficient (Wildman–Crippen LogP) is 5.40. The van der Waals surface area contributed by atoms with Crippen LogP contribution in [0.25, 0.3) is 0 Å². The van der Waals surface area contributed by atoms with Gasteiger partial charge in [-0.15, -0.1) is 0 Å². The number of carbonyl (C=O) groups is 1. The van der Waals surface area contributed by atoms with Gasteiger partial charge in [0.2, 0.25) is 0 Å². The van der Waals surface area contributed by atoms with Gasteiger partial charge < -0.3 is 9.47 Å². The molecule has 148 valence electrons. The molecule has 1 heterocycles. The summed E-state index contributed by atoms with van der Waals surface area (Å²) in [7, 11) is 0. The van der Waals surface area contributed by atoms with Crippen molar-refractivity contribution in [1.82, 2.24) is 0 Å². The average molecular weight is 387 g/mol. The van der Waals surface area contributed by atoms with Gasteiger partial charge in [0.15, 0.2) is 0 Å². The fraction of sp³-hybridized carbons (Fsp3) is 0.240. The van der Waals surface area contributed by atoms with Crippen molar-refractivity contribution in [2.45, 2.75) is 25.9 Å². The first-order chi connectivity index (χ1) is 14.3. The molecular formula is C25H25NO3. The van der Waals surface area contributed by atoms with E-state index in [1.165, 1.54) is 5.56 Å². The molecule has 0 aliphatic carbocycles. The van der Waals surface area contributed by atoms with E-state index < -0.39 is 0 Å². The molecular weight excluding hydrogens is 362 g/mol. The first-order valence-electron chi connectivity index (χ1n) is 10.1. The van der Waals surface area contributed by atoms with Gasteiger partial charge >= 0.3 is 0 Å². The number of anilines is 2. The predicted molar refractivity (Wildman–Crippen MR) is 115 cm³/mol. The molecule has 4 rings (SSSR count).